The van der Waals surface area contributed by atoms with Crippen LogP contribution in [0, 0.1) is 0 Å². The number of phenols is 1. The van der Waals surface area contributed by atoms with Gasteiger partial charge in [-0.15, -0.1) is 5.10 Å². The molecule has 0 unspecified atom stereocenters. The number of nitrogens with one attached hydrogen (secondary N) is 1. The van der Waals surface area contributed by atoms with Crippen molar-refractivity contribution in [1.29, 1.82) is 0 Å². The molecule has 0 saturated carbocycles. The molecule has 1 amide bonds. The number of aromatic hydroxyl groups is 1. The van der Waals surface area contributed by atoms with Crippen molar-refractivity contribution in [1.82, 2.24) is 19.8 Å². The third kappa shape index (κ3) is 7.19. The predicted molar refractivity (Wildman–Crippen MR) is 136 cm³/mol. The Kier molecular flexibility index (Phi) is 9.48. The molecule has 35 heavy (non-hydrogen) atoms. The first-order chi connectivity index (χ1) is 16.9. The van der Waals surface area contributed by atoms with Crippen LogP contribution < -0.4 is 15.9 Å². The fraction of sp³-hybridized carbons (Fsp3) is 0.360. The highest BCUT2D eigenvalue weighted by Crippen LogP contribution is 2.21. The van der Waals surface area contributed by atoms with Crippen LogP contribution in [0.4, 0.5) is 0 Å². The van der Waals surface area contributed by atoms with E-state index in [1.807, 2.05) is 0 Å². The van der Waals surface area contributed by atoms with Crippen molar-refractivity contribution in [3.8, 4) is 22.9 Å². The zero-order chi connectivity index (χ0) is 25.2. The van der Waals surface area contributed by atoms with Crippen molar-refractivity contribution >= 4 is 23.7 Å². The number of hydrazone groups is 1. The molecule has 3 aromatic rings. The van der Waals surface area contributed by atoms with Crippen LogP contribution in [0.1, 0.15) is 44.6 Å². The number of aromatic nitrogens is 3. The molecule has 0 aliphatic rings. The van der Waals surface area contributed by atoms with Gasteiger partial charge in [0.15, 0.2) is 5.82 Å². The van der Waals surface area contributed by atoms with E-state index in [2.05, 4.69) is 22.5 Å². The maximum Gasteiger partial charge on any atom is 0.346 e. The largest absolute Gasteiger partial charge is 0.507 e. The Balaban J connectivity index is 1.78. The van der Waals surface area contributed by atoms with Gasteiger partial charge in [-0.3, -0.25) is 9.36 Å². The number of nitrogens with zero attached hydrogens (tertiary/aromatic N) is 4. The zero-order valence-corrected chi connectivity index (χ0v) is 20.7. The van der Waals surface area contributed by atoms with Gasteiger partial charge in [0.2, 0.25) is 0 Å². The first kappa shape index (κ1) is 26.0. The summed E-state index contributed by atoms with van der Waals surface area (Å²) in [6.45, 7) is 2.36. The number of amides is 1. The average Bonchev–Trinajstić information content (AvgIpc) is 3.16. The lowest BCUT2D eigenvalue weighted by atomic mass is 10.1. The zero-order valence-electron chi connectivity index (χ0n) is 19.9. The number of hydrogen-bond acceptors (Lipinski definition) is 6. The fourth-order valence-electron chi connectivity index (χ4n) is 3.53. The second-order valence-electron chi connectivity index (χ2n) is 8.05. The van der Waals surface area contributed by atoms with Crippen LogP contribution in [0.2, 0.25) is 5.02 Å². The predicted octanol–water partition coefficient (Wildman–Crippen LogP) is 4.20. The van der Waals surface area contributed by atoms with Gasteiger partial charge in [0, 0.05) is 22.7 Å². The van der Waals surface area contributed by atoms with E-state index in [4.69, 9.17) is 16.3 Å². The Morgan fingerprint density at radius 1 is 1.17 bits per heavy atom. The topological polar surface area (TPSA) is 111 Å². The Morgan fingerprint density at radius 2 is 1.91 bits per heavy atom. The number of phenolic OH excluding ortho intramolecular Hbond substituents is 1. The lowest BCUT2D eigenvalue weighted by molar-refractivity contribution is -0.121. The second kappa shape index (κ2) is 12.8. The van der Waals surface area contributed by atoms with Gasteiger partial charge >= 0.3 is 5.69 Å². The van der Waals surface area contributed by atoms with Crippen LogP contribution in [0.3, 0.4) is 0 Å². The molecule has 3 rings (SSSR count). The van der Waals surface area contributed by atoms with Crippen molar-refractivity contribution in [2.45, 2.75) is 52.1 Å². The average molecular weight is 500 g/mol. The standard InChI is InChI=1S/C25H30ClN5O4/c1-3-4-5-6-7-14-31-25(34)30(24(29-31)18-8-11-21(35-2)12-9-18)17-23(33)28-27-16-19-15-20(26)10-13-22(19)32/h8-13,15-16,32H,3-7,14,17H2,1-2H3,(H,28,33)/b27-16+. The molecule has 0 bridgehead atoms. The van der Waals surface area contributed by atoms with Crippen molar-refractivity contribution < 1.29 is 14.6 Å². The van der Waals surface area contributed by atoms with Crippen molar-refractivity contribution in [3.63, 3.8) is 0 Å². The van der Waals surface area contributed by atoms with E-state index in [0.29, 0.717) is 34.3 Å². The van der Waals surface area contributed by atoms with Gasteiger partial charge in [-0.25, -0.2) is 14.9 Å². The maximum absolute atomic E-state index is 13.1. The Hall–Kier alpha value is -3.59. The van der Waals surface area contributed by atoms with E-state index in [9.17, 15) is 14.7 Å². The van der Waals surface area contributed by atoms with Gasteiger partial charge in [0.25, 0.3) is 5.91 Å². The first-order valence-electron chi connectivity index (χ1n) is 11.6. The molecular weight excluding hydrogens is 470 g/mol. The van der Waals surface area contributed by atoms with Crippen LogP contribution >= 0.6 is 11.6 Å². The molecule has 2 N–H and O–H groups in total. The van der Waals surface area contributed by atoms with E-state index in [-0.39, 0.29) is 18.0 Å². The smallest absolute Gasteiger partial charge is 0.346 e. The molecule has 186 valence electrons. The van der Waals surface area contributed by atoms with E-state index in [1.165, 1.54) is 27.6 Å². The number of unbranched alkanes of at least 4 members (excludes halogenated alkanes) is 4. The highest BCUT2D eigenvalue weighted by atomic mass is 35.5. The fourth-order valence-corrected chi connectivity index (χ4v) is 3.71. The Bertz CT molecular complexity index is 1220. The second-order valence-corrected chi connectivity index (χ2v) is 8.49. The minimum Gasteiger partial charge on any atom is -0.507 e. The summed E-state index contributed by atoms with van der Waals surface area (Å²) in [5.74, 6) is 0.528. The van der Waals surface area contributed by atoms with Crippen LogP contribution in [-0.2, 0) is 17.9 Å². The Labute approximate surface area is 209 Å². The summed E-state index contributed by atoms with van der Waals surface area (Å²) in [7, 11) is 1.58. The minimum absolute atomic E-state index is 0.0226. The lowest BCUT2D eigenvalue weighted by Crippen LogP contribution is -2.31. The summed E-state index contributed by atoms with van der Waals surface area (Å²) >= 11 is 5.93. The van der Waals surface area contributed by atoms with E-state index < -0.39 is 5.91 Å². The number of carbonyl (C=O) groups excluding carboxylic acids is 1. The minimum atomic E-state index is -0.512. The van der Waals surface area contributed by atoms with E-state index in [0.717, 1.165) is 32.1 Å². The molecule has 1 aromatic heterocycles. The number of rotatable bonds is 12. The molecule has 0 saturated heterocycles. The number of ether oxygens (including phenoxy) is 1. The highest BCUT2D eigenvalue weighted by molar-refractivity contribution is 6.30. The maximum atomic E-state index is 13.1. The van der Waals surface area contributed by atoms with Crippen molar-refractivity contribution in [3.05, 3.63) is 63.5 Å². The monoisotopic (exact) mass is 499 g/mol. The summed E-state index contributed by atoms with van der Waals surface area (Å²) in [4.78, 5) is 25.7. The van der Waals surface area contributed by atoms with Crippen molar-refractivity contribution in [2.24, 2.45) is 5.10 Å². The van der Waals surface area contributed by atoms with Crippen LogP contribution in [0.25, 0.3) is 11.4 Å². The summed E-state index contributed by atoms with van der Waals surface area (Å²) in [6.07, 6.45) is 6.54. The summed E-state index contributed by atoms with van der Waals surface area (Å²) in [5, 5.41) is 18.7. The normalized spacial score (nSPS) is 11.2. The molecule has 10 heteroatoms. The quantitative estimate of drug-likeness (QED) is 0.220. The SMILES string of the molecule is CCCCCCCn1nc(-c2ccc(OC)cc2)n(CC(=O)N/N=C/c2cc(Cl)ccc2O)c1=O. The molecule has 0 aliphatic heterocycles. The van der Waals surface area contributed by atoms with Crippen LogP contribution in [0.5, 0.6) is 11.5 Å². The van der Waals surface area contributed by atoms with E-state index >= 15 is 0 Å². The molecular formula is C25H30ClN5O4. The van der Waals surface area contributed by atoms with Crippen LogP contribution in [0.15, 0.2) is 52.4 Å². The lowest BCUT2D eigenvalue weighted by Gasteiger charge is -2.06. The number of hydrogen-bond donors (Lipinski definition) is 2. The third-order valence-corrected chi connectivity index (χ3v) is 5.66. The number of halogens is 1. The van der Waals surface area contributed by atoms with Crippen molar-refractivity contribution in [2.75, 3.05) is 7.11 Å². The van der Waals surface area contributed by atoms with Gasteiger partial charge in [-0.05, 0) is 48.9 Å². The molecule has 0 spiro atoms. The number of methoxy groups -OCH3 is 1. The third-order valence-electron chi connectivity index (χ3n) is 5.43. The number of aryl methyl sites for hydroxylation is 1. The summed E-state index contributed by atoms with van der Waals surface area (Å²) in [5.41, 5.74) is 3.06. The molecule has 0 aliphatic carbocycles. The van der Waals surface area contributed by atoms with Gasteiger partial charge in [0.05, 0.1) is 13.3 Å². The number of benzene rings is 2. The highest BCUT2D eigenvalue weighted by Gasteiger charge is 2.17. The molecule has 0 radical (unpaired) electrons. The van der Waals surface area contributed by atoms with Gasteiger partial charge in [0.1, 0.15) is 18.0 Å². The molecule has 9 nitrogen and oxygen atoms in total. The van der Waals surface area contributed by atoms with Gasteiger partial charge < -0.3 is 9.84 Å². The van der Waals surface area contributed by atoms with E-state index in [1.54, 1.807) is 37.4 Å². The number of carbonyl (C=O) groups is 1. The van der Waals surface area contributed by atoms with Crippen LogP contribution in [-0.4, -0.2) is 38.7 Å². The molecule has 0 fully saturated rings. The van der Waals surface area contributed by atoms with Gasteiger partial charge in [-0.2, -0.15) is 5.10 Å². The summed E-state index contributed by atoms with van der Waals surface area (Å²) in [6, 6.07) is 11.6. The Morgan fingerprint density at radius 3 is 2.63 bits per heavy atom. The van der Waals surface area contributed by atoms with Gasteiger partial charge in [-0.1, -0.05) is 44.2 Å². The molecule has 0 atom stereocenters. The first-order valence-corrected chi connectivity index (χ1v) is 11.9. The molecule has 1 heterocycles. The molecule has 2 aromatic carbocycles. The summed E-state index contributed by atoms with van der Waals surface area (Å²) < 4.78 is 7.95.